The van der Waals surface area contributed by atoms with E-state index in [-0.39, 0.29) is 10.8 Å². The van der Waals surface area contributed by atoms with Crippen LogP contribution in [0.5, 0.6) is 0 Å². The van der Waals surface area contributed by atoms with Gasteiger partial charge in [-0.15, -0.1) is 11.3 Å². The molecule has 144 valence electrons. The number of aromatic nitrogens is 1. The summed E-state index contributed by atoms with van der Waals surface area (Å²) in [5, 5.41) is 3.43. The molecular weight excluding hydrogens is 382 g/mol. The third kappa shape index (κ3) is 3.79. The van der Waals surface area contributed by atoms with E-state index in [0.29, 0.717) is 29.7 Å². The van der Waals surface area contributed by atoms with Gasteiger partial charge in [-0.2, -0.15) is 4.31 Å². The fourth-order valence-corrected chi connectivity index (χ4v) is 6.37. The number of carbonyl (C=O) groups is 1. The van der Waals surface area contributed by atoms with Crippen LogP contribution in [0.2, 0.25) is 0 Å². The van der Waals surface area contributed by atoms with E-state index >= 15 is 0 Å². The van der Waals surface area contributed by atoms with E-state index in [2.05, 4.69) is 17.2 Å². The average molecular weight is 406 g/mol. The number of aryl methyl sites for hydroxylation is 1. The van der Waals surface area contributed by atoms with Gasteiger partial charge in [0.25, 0.3) is 5.91 Å². The minimum Gasteiger partial charge on any atom is -0.298 e. The van der Waals surface area contributed by atoms with Crippen LogP contribution < -0.4 is 5.32 Å². The highest BCUT2D eigenvalue weighted by molar-refractivity contribution is 7.89. The topological polar surface area (TPSA) is 79.4 Å². The van der Waals surface area contributed by atoms with E-state index < -0.39 is 10.0 Å². The number of rotatable bonds is 4. The van der Waals surface area contributed by atoms with Crippen LogP contribution in [-0.2, 0) is 22.9 Å². The minimum absolute atomic E-state index is 0.171. The van der Waals surface area contributed by atoms with Crippen molar-refractivity contribution in [2.45, 2.75) is 43.9 Å². The molecule has 1 unspecified atom stereocenters. The highest BCUT2D eigenvalue weighted by Gasteiger charge is 2.28. The number of carbonyl (C=O) groups excluding carboxylic acids is 1. The molecule has 1 atom stereocenters. The zero-order valence-corrected chi connectivity index (χ0v) is 16.9. The Kier molecular flexibility index (Phi) is 5.05. The third-order valence-corrected chi connectivity index (χ3v) is 8.14. The van der Waals surface area contributed by atoms with Crippen molar-refractivity contribution < 1.29 is 13.2 Å². The SMILES string of the molecule is CC1CCc2nc(NC(=O)c3cccc(S(=O)(=O)N4CCCC4)c3)sc2C1. The monoisotopic (exact) mass is 405 g/mol. The summed E-state index contributed by atoms with van der Waals surface area (Å²) in [7, 11) is -3.54. The first-order valence-electron chi connectivity index (χ1n) is 9.33. The lowest BCUT2D eigenvalue weighted by Crippen LogP contribution is -2.28. The Hall–Kier alpha value is -1.77. The van der Waals surface area contributed by atoms with E-state index in [1.807, 2.05) is 0 Å². The van der Waals surface area contributed by atoms with Crippen molar-refractivity contribution in [2.24, 2.45) is 5.92 Å². The number of hydrogen-bond acceptors (Lipinski definition) is 5. The van der Waals surface area contributed by atoms with Gasteiger partial charge in [0.2, 0.25) is 10.0 Å². The number of anilines is 1. The summed E-state index contributed by atoms with van der Waals surface area (Å²) in [6.45, 7) is 3.32. The molecule has 1 N–H and O–H groups in total. The largest absolute Gasteiger partial charge is 0.298 e. The Labute approximate surface area is 163 Å². The van der Waals surface area contributed by atoms with Crippen molar-refractivity contribution in [3.8, 4) is 0 Å². The van der Waals surface area contributed by atoms with Crippen LogP contribution in [0.3, 0.4) is 0 Å². The minimum atomic E-state index is -3.54. The number of sulfonamides is 1. The molecule has 2 heterocycles. The van der Waals surface area contributed by atoms with Gasteiger partial charge in [0.05, 0.1) is 10.6 Å². The van der Waals surface area contributed by atoms with E-state index in [0.717, 1.165) is 37.8 Å². The van der Waals surface area contributed by atoms with E-state index in [4.69, 9.17) is 0 Å². The van der Waals surface area contributed by atoms with Gasteiger partial charge in [0.15, 0.2) is 5.13 Å². The maximum atomic E-state index is 12.7. The Balaban J connectivity index is 1.53. The van der Waals surface area contributed by atoms with Crippen LogP contribution in [-0.4, -0.2) is 36.7 Å². The molecule has 1 fully saturated rings. The maximum absolute atomic E-state index is 12.7. The number of amides is 1. The molecule has 4 rings (SSSR count). The van der Waals surface area contributed by atoms with Crippen LogP contribution in [0.25, 0.3) is 0 Å². The summed E-state index contributed by atoms with van der Waals surface area (Å²) in [5.74, 6) is 0.321. The highest BCUT2D eigenvalue weighted by atomic mass is 32.2. The second-order valence-corrected chi connectivity index (χ2v) is 10.4. The summed E-state index contributed by atoms with van der Waals surface area (Å²) in [6.07, 6.45) is 4.85. The van der Waals surface area contributed by atoms with Gasteiger partial charge in [-0.05, 0) is 56.2 Å². The Morgan fingerprint density at radius 1 is 1.30 bits per heavy atom. The summed E-state index contributed by atoms with van der Waals surface area (Å²) in [6, 6.07) is 6.26. The van der Waals surface area contributed by atoms with Crippen molar-refractivity contribution in [3.05, 3.63) is 40.4 Å². The molecule has 1 aromatic heterocycles. The molecule has 0 spiro atoms. The maximum Gasteiger partial charge on any atom is 0.257 e. The van der Waals surface area contributed by atoms with Gasteiger partial charge >= 0.3 is 0 Å². The lowest BCUT2D eigenvalue weighted by atomic mass is 9.93. The number of nitrogens with zero attached hydrogens (tertiary/aromatic N) is 2. The van der Waals surface area contributed by atoms with E-state index in [9.17, 15) is 13.2 Å². The average Bonchev–Trinajstić information content (AvgIpc) is 3.31. The van der Waals surface area contributed by atoms with E-state index in [1.165, 1.54) is 26.6 Å². The summed E-state index contributed by atoms with van der Waals surface area (Å²) >= 11 is 1.52. The van der Waals surface area contributed by atoms with Gasteiger partial charge < -0.3 is 0 Å². The molecule has 1 saturated heterocycles. The zero-order valence-electron chi connectivity index (χ0n) is 15.3. The lowest BCUT2D eigenvalue weighted by Gasteiger charge is -2.15. The van der Waals surface area contributed by atoms with Crippen LogP contribution in [0.1, 0.15) is 47.1 Å². The molecule has 8 heteroatoms. The van der Waals surface area contributed by atoms with Crippen LogP contribution >= 0.6 is 11.3 Å². The van der Waals surface area contributed by atoms with Gasteiger partial charge in [-0.3, -0.25) is 10.1 Å². The number of nitrogens with one attached hydrogen (secondary N) is 1. The quantitative estimate of drug-likeness (QED) is 0.846. The first-order valence-corrected chi connectivity index (χ1v) is 11.6. The molecule has 27 heavy (non-hydrogen) atoms. The number of fused-ring (bicyclic) bond motifs is 1. The zero-order chi connectivity index (χ0) is 19.0. The van der Waals surface area contributed by atoms with Gasteiger partial charge in [-0.1, -0.05) is 13.0 Å². The van der Waals surface area contributed by atoms with Gasteiger partial charge in [-0.25, -0.2) is 13.4 Å². The molecule has 0 radical (unpaired) electrons. The normalized spacial score (nSPS) is 20.4. The van der Waals surface area contributed by atoms with Crippen LogP contribution in [0.15, 0.2) is 29.2 Å². The molecule has 1 aliphatic carbocycles. The standard InChI is InChI=1S/C19H23N3O3S2/c1-13-7-8-16-17(11-13)26-19(20-16)21-18(23)14-5-4-6-15(12-14)27(24,25)22-9-2-3-10-22/h4-6,12-13H,2-3,7-11H2,1H3,(H,20,21,23). The third-order valence-electron chi connectivity index (χ3n) is 5.21. The van der Waals surface area contributed by atoms with Crippen molar-refractivity contribution in [1.29, 1.82) is 0 Å². The summed E-state index contributed by atoms with van der Waals surface area (Å²) < 4.78 is 26.9. The molecule has 1 aliphatic heterocycles. The fourth-order valence-electron chi connectivity index (χ4n) is 3.64. The van der Waals surface area contributed by atoms with E-state index in [1.54, 1.807) is 18.2 Å². The molecule has 2 aliphatic rings. The summed E-state index contributed by atoms with van der Waals surface area (Å²) in [4.78, 5) is 18.6. The molecule has 2 aromatic rings. The van der Waals surface area contributed by atoms with Crippen molar-refractivity contribution in [2.75, 3.05) is 18.4 Å². The van der Waals surface area contributed by atoms with Crippen LogP contribution in [0.4, 0.5) is 5.13 Å². The van der Waals surface area contributed by atoms with Gasteiger partial charge in [0, 0.05) is 23.5 Å². The molecule has 1 amide bonds. The van der Waals surface area contributed by atoms with Crippen molar-refractivity contribution >= 4 is 32.4 Å². The second-order valence-electron chi connectivity index (χ2n) is 7.33. The Bertz CT molecular complexity index is 962. The number of thiazole rings is 1. The predicted molar refractivity (Wildman–Crippen MR) is 106 cm³/mol. The summed E-state index contributed by atoms with van der Waals surface area (Å²) in [5.41, 5.74) is 1.41. The lowest BCUT2D eigenvalue weighted by molar-refractivity contribution is 0.102. The Morgan fingerprint density at radius 2 is 2.07 bits per heavy atom. The highest BCUT2D eigenvalue weighted by Crippen LogP contribution is 2.32. The molecule has 6 nitrogen and oxygen atoms in total. The number of hydrogen-bond donors (Lipinski definition) is 1. The molecular formula is C19H23N3O3S2. The predicted octanol–water partition coefficient (Wildman–Crippen LogP) is 3.30. The molecule has 0 bridgehead atoms. The smallest absolute Gasteiger partial charge is 0.257 e. The first-order chi connectivity index (χ1) is 12.9. The molecule has 0 saturated carbocycles. The molecule has 1 aromatic carbocycles. The fraction of sp³-hybridized carbons (Fsp3) is 0.474. The van der Waals surface area contributed by atoms with Crippen molar-refractivity contribution in [3.63, 3.8) is 0 Å². The first kappa shape index (κ1) is 18.6. The number of benzene rings is 1. The van der Waals surface area contributed by atoms with Gasteiger partial charge in [0.1, 0.15) is 0 Å². The van der Waals surface area contributed by atoms with Crippen LogP contribution in [0, 0.1) is 5.92 Å². The Morgan fingerprint density at radius 3 is 2.85 bits per heavy atom. The van der Waals surface area contributed by atoms with Crippen molar-refractivity contribution in [1.82, 2.24) is 9.29 Å². The second kappa shape index (κ2) is 7.33.